The molecule has 0 radical (unpaired) electrons. The normalized spacial score (nSPS) is 10.8. The van der Waals surface area contributed by atoms with E-state index in [-0.39, 0.29) is 5.56 Å². The van der Waals surface area contributed by atoms with Crippen molar-refractivity contribution in [1.29, 1.82) is 0 Å². The van der Waals surface area contributed by atoms with Crippen molar-refractivity contribution in [1.82, 2.24) is 10.3 Å². The minimum absolute atomic E-state index is 0.212. The fourth-order valence-corrected chi connectivity index (χ4v) is 2.21. The molecule has 17 heavy (non-hydrogen) atoms. The summed E-state index contributed by atoms with van der Waals surface area (Å²) in [6, 6.07) is 4.12. The van der Waals surface area contributed by atoms with Gasteiger partial charge in [-0.1, -0.05) is 13.0 Å². The second kappa shape index (κ2) is 5.33. The summed E-state index contributed by atoms with van der Waals surface area (Å²) in [5.41, 5.74) is 0.698. The predicted molar refractivity (Wildman–Crippen MR) is 64.8 cm³/mol. The zero-order chi connectivity index (χ0) is 12.3. The van der Waals surface area contributed by atoms with Crippen LogP contribution in [0.1, 0.15) is 11.9 Å². The van der Waals surface area contributed by atoms with Gasteiger partial charge in [0.25, 0.3) is 0 Å². The molecule has 5 heteroatoms. The van der Waals surface area contributed by atoms with Crippen molar-refractivity contribution >= 4 is 11.3 Å². The summed E-state index contributed by atoms with van der Waals surface area (Å²) in [5, 5.41) is 5.74. The Morgan fingerprint density at radius 2 is 2.18 bits per heavy atom. The van der Waals surface area contributed by atoms with E-state index in [4.69, 9.17) is 0 Å². The van der Waals surface area contributed by atoms with Gasteiger partial charge < -0.3 is 5.32 Å². The quantitative estimate of drug-likeness (QED) is 0.906. The number of thiazole rings is 1. The van der Waals surface area contributed by atoms with E-state index < -0.39 is 11.6 Å². The van der Waals surface area contributed by atoms with Gasteiger partial charge >= 0.3 is 0 Å². The molecule has 2 aromatic rings. The van der Waals surface area contributed by atoms with Gasteiger partial charge in [-0.15, -0.1) is 11.3 Å². The molecule has 0 bridgehead atoms. The van der Waals surface area contributed by atoms with Crippen LogP contribution in [0.5, 0.6) is 0 Å². The first-order valence-corrected chi connectivity index (χ1v) is 6.20. The van der Waals surface area contributed by atoms with Gasteiger partial charge in [-0.05, 0) is 18.7 Å². The largest absolute Gasteiger partial charge is 0.311 e. The Bertz CT molecular complexity index is 511. The van der Waals surface area contributed by atoms with Crippen LogP contribution in [0.2, 0.25) is 0 Å². The van der Waals surface area contributed by atoms with Crippen LogP contribution in [-0.2, 0) is 6.54 Å². The van der Waals surface area contributed by atoms with Gasteiger partial charge in [0.2, 0.25) is 0 Å². The summed E-state index contributed by atoms with van der Waals surface area (Å²) in [7, 11) is 0. The van der Waals surface area contributed by atoms with Crippen molar-refractivity contribution < 1.29 is 8.78 Å². The molecule has 0 fully saturated rings. The molecular formula is C12H12F2N2S. The van der Waals surface area contributed by atoms with E-state index in [1.807, 2.05) is 6.92 Å². The summed E-state index contributed by atoms with van der Waals surface area (Å²) >= 11 is 1.44. The van der Waals surface area contributed by atoms with Crippen LogP contribution in [-0.4, -0.2) is 11.5 Å². The molecule has 0 unspecified atom stereocenters. The van der Waals surface area contributed by atoms with Crippen molar-refractivity contribution in [2.75, 3.05) is 6.54 Å². The first-order chi connectivity index (χ1) is 8.22. The average Bonchev–Trinajstić information content (AvgIpc) is 2.78. The Kier molecular flexibility index (Phi) is 3.81. The van der Waals surface area contributed by atoms with Gasteiger partial charge in [0.1, 0.15) is 5.01 Å². The summed E-state index contributed by atoms with van der Waals surface area (Å²) in [5.74, 6) is -1.68. The molecule has 1 N–H and O–H groups in total. The molecule has 1 aromatic carbocycles. The standard InChI is InChI=1S/C12H12F2N2S/c1-2-15-6-11-16-10(7-17-11)8-4-3-5-9(13)12(8)14/h3-5,7,15H,2,6H2,1H3. The van der Waals surface area contributed by atoms with Gasteiger partial charge in [0.05, 0.1) is 5.69 Å². The third kappa shape index (κ3) is 2.68. The van der Waals surface area contributed by atoms with E-state index in [1.165, 1.54) is 23.5 Å². The van der Waals surface area contributed by atoms with Crippen molar-refractivity contribution in [3.63, 3.8) is 0 Å². The molecule has 0 saturated carbocycles. The van der Waals surface area contributed by atoms with Gasteiger partial charge in [-0.2, -0.15) is 0 Å². The lowest BCUT2D eigenvalue weighted by atomic mass is 10.1. The van der Waals surface area contributed by atoms with Crippen LogP contribution >= 0.6 is 11.3 Å². The highest BCUT2D eigenvalue weighted by Gasteiger charge is 2.12. The number of halogens is 2. The maximum absolute atomic E-state index is 13.5. The van der Waals surface area contributed by atoms with Crippen molar-refractivity contribution in [2.24, 2.45) is 0 Å². The highest BCUT2D eigenvalue weighted by Crippen LogP contribution is 2.25. The third-order valence-electron chi connectivity index (χ3n) is 2.31. The van der Waals surface area contributed by atoms with Crippen LogP contribution in [0.4, 0.5) is 8.78 Å². The van der Waals surface area contributed by atoms with Crippen LogP contribution in [0.25, 0.3) is 11.3 Å². The van der Waals surface area contributed by atoms with Crippen LogP contribution in [0.3, 0.4) is 0 Å². The first kappa shape index (κ1) is 12.1. The highest BCUT2D eigenvalue weighted by atomic mass is 32.1. The summed E-state index contributed by atoms with van der Waals surface area (Å²) in [6.07, 6.45) is 0. The monoisotopic (exact) mass is 254 g/mol. The lowest BCUT2D eigenvalue weighted by Gasteiger charge is -2.00. The lowest BCUT2D eigenvalue weighted by molar-refractivity contribution is 0.511. The van der Waals surface area contributed by atoms with Gasteiger partial charge in [0.15, 0.2) is 11.6 Å². The summed E-state index contributed by atoms with van der Waals surface area (Å²) in [6.45, 7) is 3.50. The van der Waals surface area contributed by atoms with E-state index in [9.17, 15) is 8.78 Å². The minimum Gasteiger partial charge on any atom is -0.311 e. The molecule has 1 heterocycles. The Balaban J connectivity index is 2.27. The number of nitrogens with one attached hydrogen (secondary N) is 1. The van der Waals surface area contributed by atoms with Crippen molar-refractivity contribution in [2.45, 2.75) is 13.5 Å². The molecule has 0 atom stereocenters. The van der Waals surface area contributed by atoms with Gasteiger partial charge in [-0.25, -0.2) is 13.8 Å². The first-order valence-electron chi connectivity index (χ1n) is 5.32. The summed E-state index contributed by atoms with van der Waals surface area (Å²) < 4.78 is 26.6. The predicted octanol–water partition coefficient (Wildman–Crippen LogP) is 3.20. The van der Waals surface area contributed by atoms with Gasteiger partial charge in [-0.3, -0.25) is 0 Å². The maximum atomic E-state index is 13.5. The minimum atomic E-state index is -0.844. The fourth-order valence-electron chi connectivity index (χ4n) is 1.45. The molecule has 2 nitrogen and oxygen atoms in total. The highest BCUT2D eigenvalue weighted by molar-refractivity contribution is 7.09. The van der Waals surface area contributed by atoms with Crippen molar-refractivity contribution in [3.8, 4) is 11.3 Å². The molecule has 0 aliphatic carbocycles. The zero-order valence-electron chi connectivity index (χ0n) is 9.34. The van der Waals surface area contributed by atoms with Crippen LogP contribution in [0.15, 0.2) is 23.6 Å². The molecule has 0 amide bonds. The third-order valence-corrected chi connectivity index (χ3v) is 3.15. The lowest BCUT2D eigenvalue weighted by Crippen LogP contribution is -2.11. The van der Waals surface area contributed by atoms with E-state index in [1.54, 1.807) is 5.38 Å². The number of hydrogen-bond acceptors (Lipinski definition) is 3. The second-order valence-electron chi connectivity index (χ2n) is 3.51. The SMILES string of the molecule is CCNCc1nc(-c2cccc(F)c2F)cs1. The number of aromatic nitrogens is 1. The molecule has 0 saturated heterocycles. The molecule has 0 aliphatic rings. The maximum Gasteiger partial charge on any atom is 0.168 e. The molecule has 0 spiro atoms. The Hall–Kier alpha value is -1.33. The van der Waals surface area contributed by atoms with E-state index in [2.05, 4.69) is 10.3 Å². The molecular weight excluding hydrogens is 242 g/mol. The Labute approximate surface area is 102 Å². The van der Waals surface area contributed by atoms with Crippen molar-refractivity contribution in [3.05, 3.63) is 40.2 Å². The van der Waals surface area contributed by atoms with Crippen LogP contribution in [0, 0.1) is 11.6 Å². The topological polar surface area (TPSA) is 24.9 Å². The van der Waals surface area contributed by atoms with E-state index in [0.29, 0.717) is 12.2 Å². The van der Waals surface area contributed by atoms with E-state index in [0.717, 1.165) is 17.6 Å². The number of nitrogens with zero attached hydrogens (tertiary/aromatic N) is 1. The van der Waals surface area contributed by atoms with Gasteiger partial charge in [0, 0.05) is 17.5 Å². The summed E-state index contributed by atoms with van der Waals surface area (Å²) in [4.78, 5) is 4.27. The molecule has 0 aliphatic heterocycles. The molecule has 90 valence electrons. The second-order valence-corrected chi connectivity index (χ2v) is 4.45. The Morgan fingerprint density at radius 3 is 2.94 bits per heavy atom. The molecule has 2 rings (SSSR count). The number of hydrogen-bond donors (Lipinski definition) is 1. The van der Waals surface area contributed by atoms with Crippen LogP contribution < -0.4 is 5.32 Å². The zero-order valence-corrected chi connectivity index (χ0v) is 10.2. The number of benzene rings is 1. The average molecular weight is 254 g/mol. The number of rotatable bonds is 4. The fraction of sp³-hybridized carbons (Fsp3) is 0.250. The Morgan fingerprint density at radius 1 is 1.35 bits per heavy atom. The smallest absolute Gasteiger partial charge is 0.168 e. The molecule has 1 aromatic heterocycles. The van der Waals surface area contributed by atoms with E-state index >= 15 is 0 Å².